The molecule has 0 saturated heterocycles. The van der Waals surface area contributed by atoms with Crippen molar-refractivity contribution in [2.45, 2.75) is 0 Å². The zero-order valence-electron chi connectivity index (χ0n) is 15.3. The van der Waals surface area contributed by atoms with E-state index in [4.69, 9.17) is 33.1 Å². The molecule has 0 aliphatic carbocycles. The normalized spacial score (nSPS) is 10.8. The summed E-state index contributed by atoms with van der Waals surface area (Å²) in [4.78, 5) is 17.7. The first kappa shape index (κ1) is 20.7. The fourth-order valence-corrected chi connectivity index (χ4v) is 2.81. The van der Waals surface area contributed by atoms with Crippen LogP contribution in [0.15, 0.2) is 66.9 Å². The van der Waals surface area contributed by atoms with Crippen molar-refractivity contribution in [3.63, 3.8) is 0 Å². The number of nitrogens with one attached hydrogen (secondary N) is 1. The van der Waals surface area contributed by atoms with Gasteiger partial charge in [-0.1, -0.05) is 29.3 Å². The number of hydrogen-bond acceptors (Lipinski definition) is 5. The molecular formula is C21H17Cl2N3O3. The van der Waals surface area contributed by atoms with Gasteiger partial charge in [0.25, 0.3) is 5.91 Å². The fraction of sp³-hybridized carbons (Fsp3) is 0.0476. The zero-order chi connectivity index (χ0) is 20.8. The van der Waals surface area contributed by atoms with E-state index in [9.17, 15) is 4.79 Å². The Morgan fingerprint density at radius 2 is 1.97 bits per heavy atom. The van der Waals surface area contributed by atoms with Crippen LogP contribution >= 0.6 is 23.2 Å². The van der Waals surface area contributed by atoms with Crippen LogP contribution in [-0.4, -0.2) is 23.1 Å². The number of benzene rings is 2. The first-order valence-electron chi connectivity index (χ1n) is 8.52. The highest BCUT2D eigenvalue weighted by Crippen LogP contribution is 2.34. The number of carbonyl (C=O) groups excluding carboxylic acids is 1. The zero-order valence-corrected chi connectivity index (χ0v) is 16.9. The Balaban J connectivity index is 1.97. The van der Waals surface area contributed by atoms with Crippen LogP contribution in [0.3, 0.4) is 0 Å². The topological polar surface area (TPSA) is 74.7 Å². The molecule has 1 aromatic heterocycles. The average molecular weight is 430 g/mol. The molecule has 1 heterocycles. The SMILES string of the molecule is CN(c1ccc(Oc2ccc(Cl)c(Cl)c2)c(/C=C/C(=O)NO)c1)c1ccccn1. The number of hydroxylamine groups is 1. The summed E-state index contributed by atoms with van der Waals surface area (Å²) in [5.41, 5.74) is 3.00. The number of halogens is 2. The lowest BCUT2D eigenvalue weighted by Gasteiger charge is -2.20. The van der Waals surface area contributed by atoms with Gasteiger partial charge in [0.1, 0.15) is 17.3 Å². The van der Waals surface area contributed by atoms with Crippen LogP contribution in [0.25, 0.3) is 6.08 Å². The summed E-state index contributed by atoms with van der Waals surface area (Å²) in [6.07, 6.45) is 4.44. The van der Waals surface area contributed by atoms with Gasteiger partial charge in [-0.2, -0.15) is 0 Å². The first-order valence-corrected chi connectivity index (χ1v) is 9.27. The third-order valence-electron chi connectivity index (χ3n) is 4.02. The lowest BCUT2D eigenvalue weighted by molar-refractivity contribution is -0.124. The quantitative estimate of drug-likeness (QED) is 0.308. The predicted molar refractivity (Wildman–Crippen MR) is 114 cm³/mol. The number of carbonyl (C=O) groups is 1. The molecule has 2 aromatic carbocycles. The molecule has 0 saturated carbocycles. The van der Waals surface area contributed by atoms with E-state index >= 15 is 0 Å². The van der Waals surface area contributed by atoms with Crippen molar-refractivity contribution >= 4 is 46.7 Å². The number of nitrogens with zero attached hydrogens (tertiary/aromatic N) is 2. The summed E-state index contributed by atoms with van der Waals surface area (Å²) in [7, 11) is 1.88. The standard InChI is InChI=1S/C21H17Cl2N3O3/c1-26(20-4-2-3-11-24-20)15-6-9-19(14(12-15)5-10-21(27)25-28)29-16-7-8-17(22)18(23)13-16/h2-13,28H,1H3,(H,25,27)/b10-5+. The van der Waals surface area contributed by atoms with E-state index in [-0.39, 0.29) is 0 Å². The van der Waals surface area contributed by atoms with E-state index in [0.717, 1.165) is 11.5 Å². The molecule has 0 fully saturated rings. The van der Waals surface area contributed by atoms with Crippen molar-refractivity contribution in [2.24, 2.45) is 0 Å². The van der Waals surface area contributed by atoms with Gasteiger partial charge in [-0.25, -0.2) is 10.5 Å². The van der Waals surface area contributed by atoms with Crippen molar-refractivity contribution in [1.82, 2.24) is 10.5 Å². The molecule has 0 bridgehead atoms. The third-order valence-corrected chi connectivity index (χ3v) is 4.76. The van der Waals surface area contributed by atoms with E-state index in [1.807, 2.05) is 42.3 Å². The monoisotopic (exact) mass is 429 g/mol. The molecule has 3 aromatic rings. The molecule has 0 aliphatic heterocycles. The van der Waals surface area contributed by atoms with Crippen LogP contribution in [-0.2, 0) is 4.79 Å². The summed E-state index contributed by atoms with van der Waals surface area (Å²) in [5, 5.41) is 9.53. The highest BCUT2D eigenvalue weighted by Gasteiger charge is 2.11. The Labute approximate surface area is 177 Å². The average Bonchev–Trinajstić information content (AvgIpc) is 2.75. The number of pyridine rings is 1. The lowest BCUT2D eigenvalue weighted by atomic mass is 10.1. The predicted octanol–water partition coefficient (Wildman–Crippen LogP) is 5.47. The third kappa shape index (κ3) is 5.26. The highest BCUT2D eigenvalue weighted by atomic mass is 35.5. The van der Waals surface area contributed by atoms with Gasteiger partial charge >= 0.3 is 0 Å². The molecule has 2 N–H and O–H groups in total. The number of ether oxygens (including phenoxy) is 1. The second-order valence-electron chi connectivity index (χ2n) is 5.96. The number of rotatable bonds is 6. The van der Waals surface area contributed by atoms with Crippen molar-refractivity contribution in [3.05, 3.63) is 82.5 Å². The molecule has 0 radical (unpaired) electrons. The Bertz CT molecular complexity index is 1040. The van der Waals surface area contributed by atoms with Gasteiger partial charge in [0, 0.05) is 36.6 Å². The molecule has 0 unspecified atom stereocenters. The van der Waals surface area contributed by atoms with Crippen molar-refractivity contribution < 1.29 is 14.7 Å². The molecule has 0 spiro atoms. The minimum atomic E-state index is -0.658. The maximum atomic E-state index is 11.4. The number of anilines is 2. The van der Waals surface area contributed by atoms with Crippen LogP contribution in [0.5, 0.6) is 11.5 Å². The van der Waals surface area contributed by atoms with E-state index in [2.05, 4.69) is 4.98 Å². The van der Waals surface area contributed by atoms with Crippen molar-refractivity contribution in [2.75, 3.05) is 11.9 Å². The molecule has 6 nitrogen and oxygen atoms in total. The summed E-state index contributed by atoms with van der Waals surface area (Å²) in [6.45, 7) is 0. The molecule has 148 valence electrons. The van der Waals surface area contributed by atoms with E-state index < -0.39 is 5.91 Å². The fourth-order valence-electron chi connectivity index (χ4n) is 2.52. The second kappa shape index (κ2) is 9.43. The number of hydrogen-bond donors (Lipinski definition) is 2. The first-order chi connectivity index (χ1) is 14.0. The lowest BCUT2D eigenvalue weighted by Crippen LogP contribution is -2.14. The maximum absolute atomic E-state index is 11.4. The van der Waals surface area contributed by atoms with Gasteiger partial charge in [0.2, 0.25) is 0 Å². The van der Waals surface area contributed by atoms with Crippen LogP contribution in [0.4, 0.5) is 11.5 Å². The summed E-state index contributed by atoms with van der Waals surface area (Å²) < 4.78 is 5.93. The smallest absolute Gasteiger partial charge is 0.267 e. The molecule has 3 rings (SSSR count). The van der Waals surface area contributed by atoms with E-state index in [1.165, 1.54) is 12.2 Å². The molecule has 0 atom stereocenters. The van der Waals surface area contributed by atoms with Gasteiger partial charge in [-0.05, 0) is 48.5 Å². The molecule has 8 heteroatoms. The van der Waals surface area contributed by atoms with Crippen LogP contribution in [0.1, 0.15) is 5.56 Å². The molecular weight excluding hydrogens is 413 g/mol. The van der Waals surface area contributed by atoms with Gasteiger partial charge < -0.3 is 9.64 Å². The Morgan fingerprint density at radius 1 is 1.14 bits per heavy atom. The van der Waals surface area contributed by atoms with E-state index in [1.54, 1.807) is 35.9 Å². The Morgan fingerprint density at radius 3 is 2.66 bits per heavy atom. The largest absolute Gasteiger partial charge is 0.457 e. The second-order valence-corrected chi connectivity index (χ2v) is 6.77. The Hall–Kier alpha value is -3.06. The van der Waals surface area contributed by atoms with Gasteiger partial charge in [-0.3, -0.25) is 10.0 Å². The number of aromatic nitrogens is 1. The highest BCUT2D eigenvalue weighted by molar-refractivity contribution is 6.42. The van der Waals surface area contributed by atoms with Crippen LogP contribution in [0.2, 0.25) is 10.0 Å². The summed E-state index contributed by atoms with van der Waals surface area (Å²) >= 11 is 12.0. The molecule has 29 heavy (non-hydrogen) atoms. The number of amides is 1. The van der Waals surface area contributed by atoms with Crippen molar-refractivity contribution in [1.29, 1.82) is 0 Å². The summed E-state index contributed by atoms with van der Waals surface area (Å²) in [6, 6.07) is 16.0. The summed E-state index contributed by atoms with van der Waals surface area (Å²) in [5.74, 6) is 1.08. The van der Waals surface area contributed by atoms with E-state index in [0.29, 0.717) is 27.1 Å². The minimum Gasteiger partial charge on any atom is -0.457 e. The van der Waals surface area contributed by atoms with Crippen molar-refractivity contribution in [3.8, 4) is 11.5 Å². The molecule has 1 amide bonds. The van der Waals surface area contributed by atoms with Crippen LogP contribution < -0.4 is 15.1 Å². The maximum Gasteiger partial charge on any atom is 0.267 e. The molecule has 0 aliphatic rings. The van der Waals surface area contributed by atoms with Gasteiger partial charge in [0.05, 0.1) is 10.0 Å². The Kier molecular flexibility index (Phi) is 6.72. The van der Waals surface area contributed by atoms with Gasteiger partial charge in [-0.15, -0.1) is 0 Å². The minimum absolute atomic E-state index is 0.368. The van der Waals surface area contributed by atoms with Gasteiger partial charge in [0.15, 0.2) is 0 Å². The van der Waals surface area contributed by atoms with Crippen LogP contribution in [0, 0.1) is 0 Å².